The molecule has 0 amide bonds. The number of benzene rings is 1. The van der Waals surface area contributed by atoms with E-state index in [1.165, 1.54) is 12.1 Å². The van der Waals surface area contributed by atoms with Crippen molar-refractivity contribution in [2.75, 3.05) is 6.26 Å². The molecule has 0 aliphatic carbocycles. The molecule has 5 nitrogen and oxygen atoms in total. The van der Waals surface area contributed by atoms with Gasteiger partial charge in [0.15, 0.2) is 5.75 Å². The summed E-state index contributed by atoms with van der Waals surface area (Å²) in [6.45, 7) is 3.73. The van der Waals surface area contributed by atoms with Crippen molar-refractivity contribution in [3.8, 4) is 11.5 Å². The maximum absolute atomic E-state index is 11.5. The molecule has 0 bridgehead atoms. The first kappa shape index (κ1) is 14.1. The summed E-state index contributed by atoms with van der Waals surface area (Å²) >= 11 is 5.93. The average molecular weight is 305 g/mol. The van der Waals surface area contributed by atoms with E-state index in [9.17, 15) is 13.2 Å². The lowest BCUT2D eigenvalue weighted by Crippen LogP contribution is -2.30. The van der Waals surface area contributed by atoms with Crippen molar-refractivity contribution in [1.29, 1.82) is 0 Å². The first-order valence-corrected chi connectivity index (χ1v) is 7.72. The Balaban J connectivity index is 2.56. The molecule has 0 N–H and O–H groups in total. The number of fused-ring (bicyclic) bond motifs is 1. The molecule has 0 radical (unpaired) electrons. The van der Waals surface area contributed by atoms with Crippen LogP contribution >= 0.6 is 11.6 Å². The van der Waals surface area contributed by atoms with Crippen LogP contribution in [0.15, 0.2) is 12.1 Å². The van der Waals surface area contributed by atoms with E-state index in [0.29, 0.717) is 11.3 Å². The number of ether oxygens (including phenoxy) is 1. The Morgan fingerprint density at radius 2 is 2.00 bits per heavy atom. The fourth-order valence-electron chi connectivity index (χ4n) is 1.99. The predicted octanol–water partition coefficient (Wildman–Crippen LogP) is 2.27. The molecular formula is C12H13ClO5S. The van der Waals surface area contributed by atoms with Crippen LogP contribution in [0, 0.1) is 0 Å². The first-order chi connectivity index (χ1) is 8.58. The van der Waals surface area contributed by atoms with Crippen LogP contribution in [-0.4, -0.2) is 20.6 Å². The molecule has 0 unspecified atom stereocenters. The third-order valence-electron chi connectivity index (χ3n) is 2.81. The summed E-state index contributed by atoms with van der Waals surface area (Å²) in [4.78, 5) is 11.5. The molecule has 7 heteroatoms. The summed E-state index contributed by atoms with van der Waals surface area (Å²) in [5.41, 5.74) is 0.223. The van der Waals surface area contributed by atoms with Gasteiger partial charge >= 0.3 is 16.1 Å². The zero-order chi connectivity index (χ0) is 14.4. The fraction of sp³-hybridized carbons (Fsp3) is 0.417. The summed E-state index contributed by atoms with van der Waals surface area (Å²) in [5.74, 6) is 0.0337. The minimum Gasteiger partial charge on any atom is -0.426 e. The van der Waals surface area contributed by atoms with Crippen molar-refractivity contribution in [2.24, 2.45) is 0 Å². The predicted molar refractivity (Wildman–Crippen MR) is 70.2 cm³/mol. The van der Waals surface area contributed by atoms with Gasteiger partial charge in [-0.25, -0.2) is 0 Å². The Morgan fingerprint density at radius 3 is 2.58 bits per heavy atom. The molecule has 0 aromatic heterocycles. The van der Waals surface area contributed by atoms with Crippen LogP contribution in [0.2, 0.25) is 5.02 Å². The highest BCUT2D eigenvalue weighted by molar-refractivity contribution is 7.86. The van der Waals surface area contributed by atoms with E-state index >= 15 is 0 Å². The number of carbonyl (C=O) groups is 1. The van der Waals surface area contributed by atoms with Crippen molar-refractivity contribution < 1.29 is 22.1 Å². The lowest BCUT2D eigenvalue weighted by Gasteiger charge is -2.31. The van der Waals surface area contributed by atoms with Crippen molar-refractivity contribution in [1.82, 2.24) is 0 Å². The van der Waals surface area contributed by atoms with E-state index in [0.717, 1.165) is 6.26 Å². The maximum Gasteiger partial charge on any atom is 0.312 e. The molecule has 0 spiro atoms. The van der Waals surface area contributed by atoms with Gasteiger partial charge in [0.1, 0.15) is 5.75 Å². The summed E-state index contributed by atoms with van der Waals surface area (Å²) in [5, 5.41) is 0.0784. The van der Waals surface area contributed by atoms with Crippen LogP contribution in [0.5, 0.6) is 11.5 Å². The van der Waals surface area contributed by atoms with Crippen LogP contribution in [0.1, 0.15) is 25.8 Å². The molecule has 1 aromatic rings. The van der Waals surface area contributed by atoms with Crippen LogP contribution in [0.25, 0.3) is 0 Å². The molecule has 1 aliphatic rings. The second kappa shape index (κ2) is 4.38. The molecule has 2 rings (SSSR count). The number of hydrogen-bond acceptors (Lipinski definition) is 5. The van der Waals surface area contributed by atoms with Crippen molar-refractivity contribution in [2.45, 2.75) is 25.7 Å². The molecule has 1 aromatic carbocycles. The van der Waals surface area contributed by atoms with Gasteiger partial charge in [0.25, 0.3) is 0 Å². The Hall–Kier alpha value is -1.27. The average Bonchev–Trinajstić information content (AvgIpc) is 2.17. The Kier molecular flexibility index (Phi) is 3.26. The zero-order valence-electron chi connectivity index (χ0n) is 10.7. The molecule has 0 atom stereocenters. The minimum atomic E-state index is -3.67. The molecule has 1 heterocycles. The third-order valence-corrected chi connectivity index (χ3v) is 3.59. The van der Waals surface area contributed by atoms with E-state index in [-0.39, 0.29) is 23.2 Å². The summed E-state index contributed by atoms with van der Waals surface area (Å²) < 4.78 is 32.3. The first-order valence-electron chi connectivity index (χ1n) is 5.53. The highest BCUT2D eigenvalue weighted by Crippen LogP contribution is 2.43. The van der Waals surface area contributed by atoms with E-state index in [1.807, 2.05) is 13.8 Å². The highest BCUT2D eigenvalue weighted by Gasteiger charge is 2.35. The van der Waals surface area contributed by atoms with Gasteiger partial charge in [0.05, 0.1) is 17.7 Å². The van der Waals surface area contributed by atoms with Gasteiger partial charge in [-0.15, -0.1) is 0 Å². The second-order valence-corrected chi connectivity index (χ2v) is 7.08. The van der Waals surface area contributed by atoms with Gasteiger partial charge in [0, 0.05) is 17.0 Å². The van der Waals surface area contributed by atoms with E-state index in [4.69, 9.17) is 20.5 Å². The van der Waals surface area contributed by atoms with Gasteiger partial charge in [-0.2, -0.15) is 8.42 Å². The van der Waals surface area contributed by atoms with Crippen LogP contribution in [-0.2, 0) is 20.3 Å². The molecule has 104 valence electrons. The summed E-state index contributed by atoms with van der Waals surface area (Å²) in [6.07, 6.45) is 1.15. The van der Waals surface area contributed by atoms with Crippen molar-refractivity contribution in [3.63, 3.8) is 0 Å². The van der Waals surface area contributed by atoms with Gasteiger partial charge in [-0.05, 0) is 6.07 Å². The van der Waals surface area contributed by atoms with E-state index < -0.39 is 15.5 Å². The largest absolute Gasteiger partial charge is 0.426 e. The maximum atomic E-state index is 11.5. The number of rotatable bonds is 2. The lowest BCUT2D eigenvalue weighted by atomic mass is 9.79. The molecule has 0 fully saturated rings. The zero-order valence-corrected chi connectivity index (χ0v) is 12.3. The number of esters is 1. The van der Waals surface area contributed by atoms with Gasteiger partial charge < -0.3 is 8.92 Å². The molecule has 1 aliphatic heterocycles. The smallest absolute Gasteiger partial charge is 0.312 e. The standard InChI is InChI=1S/C12H13ClO5S/c1-12(2)6-11(14)17-9-5-8(13)10(4-7(9)12)18-19(3,15)16/h4-5H,6H2,1-3H3. The van der Waals surface area contributed by atoms with Crippen LogP contribution in [0.3, 0.4) is 0 Å². The lowest BCUT2D eigenvalue weighted by molar-refractivity contribution is -0.136. The highest BCUT2D eigenvalue weighted by atomic mass is 35.5. The molecule has 0 saturated carbocycles. The van der Waals surface area contributed by atoms with E-state index in [1.54, 1.807) is 0 Å². The molecule has 0 saturated heterocycles. The Morgan fingerprint density at radius 1 is 1.37 bits per heavy atom. The van der Waals surface area contributed by atoms with E-state index in [2.05, 4.69) is 0 Å². The molecular weight excluding hydrogens is 292 g/mol. The second-order valence-electron chi connectivity index (χ2n) is 5.10. The quantitative estimate of drug-likeness (QED) is 0.476. The normalized spacial score (nSPS) is 17.6. The minimum absolute atomic E-state index is 0.0361. The van der Waals surface area contributed by atoms with Crippen molar-refractivity contribution in [3.05, 3.63) is 22.7 Å². The van der Waals surface area contributed by atoms with Crippen LogP contribution < -0.4 is 8.92 Å². The fourth-order valence-corrected chi connectivity index (χ4v) is 2.69. The summed E-state index contributed by atoms with van der Waals surface area (Å²) in [7, 11) is -3.67. The Bertz CT molecular complexity index is 648. The van der Waals surface area contributed by atoms with Gasteiger partial charge in [-0.1, -0.05) is 25.4 Å². The Labute approximate surface area is 116 Å². The van der Waals surface area contributed by atoms with Crippen molar-refractivity contribution >= 4 is 27.7 Å². The number of halogens is 1. The van der Waals surface area contributed by atoms with Gasteiger partial charge in [0.2, 0.25) is 0 Å². The topological polar surface area (TPSA) is 69.7 Å². The molecule has 19 heavy (non-hydrogen) atoms. The monoisotopic (exact) mass is 304 g/mol. The summed E-state index contributed by atoms with van der Waals surface area (Å²) in [6, 6.07) is 2.90. The SMILES string of the molecule is CC1(C)CC(=O)Oc2cc(Cl)c(OS(C)(=O)=O)cc21. The number of hydrogen-bond donors (Lipinski definition) is 0. The van der Waals surface area contributed by atoms with Crippen LogP contribution in [0.4, 0.5) is 0 Å². The number of carbonyl (C=O) groups excluding carboxylic acids is 1. The third kappa shape index (κ3) is 3.01. The van der Waals surface area contributed by atoms with Gasteiger partial charge in [-0.3, -0.25) is 4.79 Å².